The highest BCUT2D eigenvalue weighted by atomic mass is 16.6. The Morgan fingerprint density at radius 2 is 2.00 bits per heavy atom. The van der Waals surface area contributed by atoms with Gasteiger partial charge in [-0.3, -0.25) is 0 Å². The van der Waals surface area contributed by atoms with Gasteiger partial charge in [0.2, 0.25) is 6.29 Å². The van der Waals surface area contributed by atoms with Crippen molar-refractivity contribution in [3.05, 3.63) is 35.4 Å². The average molecular weight is 209 g/mol. The minimum Gasteiger partial charge on any atom is -0.399 e. The van der Waals surface area contributed by atoms with Crippen molar-refractivity contribution in [2.24, 2.45) is 5.16 Å². The van der Waals surface area contributed by atoms with Crippen LogP contribution in [-0.2, 0) is 9.57 Å². The molecule has 0 spiro atoms. The third kappa shape index (κ3) is 2.78. The number of rotatable bonds is 4. The molecular formula is C11H15NO3. The number of nitrogens with zero attached hydrogens (tertiary/aromatic N) is 1. The van der Waals surface area contributed by atoms with E-state index in [1.54, 1.807) is 0 Å². The van der Waals surface area contributed by atoms with E-state index in [0.717, 1.165) is 11.1 Å². The zero-order valence-corrected chi connectivity index (χ0v) is 9.10. The topological polar surface area (TPSA) is 51.0 Å². The van der Waals surface area contributed by atoms with Crippen molar-refractivity contribution in [2.75, 3.05) is 14.2 Å². The lowest BCUT2D eigenvalue weighted by atomic mass is 10.0. The van der Waals surface area contributed by atoms with Crippen molar-refractivity contribution in [2.45, 2.75) is 13.2 Å². The zero-order chi connectivity index (χ0) is 11.3. The molecule has 0 saturated carbocycles. The number of hydrogen-bond donors (Lipinski definition) is 1. The molecule has 0 amide bonds. The molecule has 0 heterocycles. The van der Waals surface area contributed by atoms with E-state index in [0.29, 0.717) is 5.71 Å². The Morgan fingerprint density at radius 1 is 1.33 bits per heavy atom. The van der Waals surface area contributed by atoms with Crippen LogP contribution in [0.15, 0.2) is 29.4 Å². The summed E-state index contributed by atoms with van der Waals surface area (Å²) in [6, 6.07) is 7.58. The Balaban J connectivity index is 3.11. The quantitative estimate of drug-likeness (QED) is 0.462. The second kappa shape index (κ2) is 5.48. The van der Waals surface area contributed by atoms with Crippen LogP contribution in [-0.4, -0.2) is 31.3 Å². The van der Waals surface area contributed by atoms with Gasteiger partial charge in [0.1, 0.15) is 12.8 Å². The second-order valence-electron chi connectivity index (χ2n) is 3.06. The fourth-order valence-corrected chi connectivity index (χ4v) is 1.30. The van der Waals surface area contributed by atoms with Gasteiger partial charge in [-0.25, -0.2) is 0 Å². The molecule has 1 aromatic rings. The van der Waals surface area contributed by atoms with Gasteiger partial charge >= 0.3 is 0 Å². The molecule has 0 radical (unpaired) electrons. The number of ether oxygens (including phenoxy) is 1. The molecule has 15 heavy (non-hydrogen) atoms. The fourth-order valence-electron chi connectivity index (χ4n) is 1.30. The molecule has 1 N–H and O–H groups in total. The number of aliphatic hydroxyl groups excluding tert-OH is 1. The molecule has 0 aromatic heterocycles. The maximum Gasteiger partial charge on any atom is 0.202 e. The van der Waals surface area contributed by atoms with Crippen molar-refractivity contribution in [3.63, 3.8) is 0 Å². The van der Waals surface area contributed by atoms with Gasteiger partial charge in [0, 0.05) is 12.7 Å². The van der Waals surface area contributed by atoms with Crippen molar-refractivity contribution in [1.29, 1.82) is 0 Å². The molecule has 1 aromatic carbocycles. The summed E-state index contributed by atoms with van der Waals surface area (Å²) in [6.07, 6.45) is -1.08. The first-order valence-corrected chi connectivity index (χ1v) is 4.58. The number of methoxy groups -OCH3 is 1. The Morgan fingerprint density at radius 3 is 2.53 bits per heavy atom. The molecule has 0 aliphatic heterocycles. The van der Waals surface area contributed by atoms with Crippen molar-refractivity contribution < 1.29 is 14.7 Å². The molecule has 82 valence electrons. The normalized spacial score (nSPS) is 13.7. The van der Waals surface area contributed by atoms with Crippen LogP contribution >= 0.6 is 0 Å². The fraction of sp³-hybridized carbons (Fsp3) is 0.364. The molecule has 0 bridgehead atoms. The minimum absolute atomic E-state index is 0.373. The molecule has 1 rings (SSSR count). The van der Waals surface area contributed by atoms with Crippen LogP contribution in [0.25, 0.3) is 0 Å². The highest BCUT2D eigenvalue weighted by Gasteiger charge is 2.16. The summed E-state index contributed by atoms with van der Waals surface area (Å²) < 4.78 is 4.82. The first kappa shape index (κ1) is 11.7. The molecule has 0 aliphatic carbocycles. The van der Waals surface area contributed by atoms with E-state index in [4.69, 9.17) is 4.74 Å². The number of aliphatic hydroxyl groups is 1. The SMILES string of the molecule is CO/N=C(\c1ccccc1C)C(O)OC. The molecule has 0 saturated heterocycles. The number of benzene rings is 1. The average Bonchev–Trinajstić information content (AvgIpc) is 2.26. The van der Waals surface area contributed by atoms with Gasteiger partial charge in [-0.2, -0.15) is 0 Å². The van der Waals surface area contributed by atoms with Crippen molar-refractivity contribution in [1.82, 2.24) is 0 Å². The zero-order valence-electron chi connectivity index (χ0n) is 9.10. The summed E-state index contributed by atoms with van der Waals surface area (Å²) in [6.45, 7) is 1.93. The minimum atomic E-state index is -1.08. The summed E-state index contributed by atoms with van der Waals surface area (Å²) in [5.74, 6) is 0. The van der Waals surface area contributed by atoms with Crippen LogP contribution in [0.2, 0.25) is 0 Å². The lowest BCUT2D eigenvalue weighted by Crippen LogP contribution is -2.24. The van der Waals surface area contributed by atoms with Crippen LogP contribution in [0.4, 0.5) is 0 Å². The molecule has 1 atom stereocenters. The Labute approximate surface area is 89.1 Å². The van der Waals surface area contributed by atoms with Crippen molar-refractivity contribution in [3.8, 4) is 0 Å². The van der Waals surface area contributed by atoms with E-state index in [1.165, 1.54) is 14.2 Å². The van der Waals surface area contributed by atoms with Gasteiger partial charge in [0.25, 0.3) is 0 Å². The lowest BCUT2D eigenvalue weighted by Gasteiger charge is -2.13. The Hall–Kier alpha value is -1.39. The maximum absolute atomic E-state index is 9.59. The number of hydrogen-bond acceptors (Lipinski definition) is 4. The van der Waals surface area contributed by atoms with E-state index >= 15 is 0 Å². The summed E-state index contributed by atoms with van der Waals surface area (Å²) in [7, 11) is 2.84. The van der Waals surface area contributed by atoms with Gasteiger partial charge < -0.3 is 14.7 Å². The lowest BCUT2D eigenvalue weighted by molar-refractivity contribution is -0.0219. The largest absolute Gasteiger partial charge is 0.399 e. The van der Waals surface area contributed by atoms with Gasteiger partial charge in [-0.15, -0.1) is 0 Å². The Kier molecular flexibility index (Phi) is 4.27. The van der Waals surface area contributed by atoms with E-state index in [9.17, 15) is 5.11 Å². The second-order valence-corrected chi connectivity index (χ2v) is 3.06. The third-order valence-corrected chi connectivity index (χ3v) is 2.07. The molecule has 4 heteroatoms. The van der Waals surface area contributed by atoms with Crippen LogP contribution in [0.3, 0.4) is 0 Å². The van der Waals surface area contributed by atoms with Crippen LogP contribution in [0.1, 0.15) is 11.1 Å². The molecule has 4 nitrogen and oxygen atoms in total. The summed E-state index contributed by atoms with van der Waals surface area (Å²) >= 11 is 0. The third-order valence-electron chi connectivity index (χ3n) is 2.07. The van der Waals surface area contributed by atoms with E-state index in [1.807, 2.05) is 31.2 Å². The highest BCUT2D eigenvalue weighted by Crippen LogP contribution is 2.11. The maximum atomic E-state index is 9.59. The van der Waals surface area contributed by atoms with Crippen LogP contribution < -0.4 is 0 Å². The first-order valence-electron chi connectivity index (χ1n) is 4.58. The van der Waals surface area contributed by atoms with Gasteiger partial charge in [0.15, 0.2) is 0 Å². The summed E-state index contributed by atoms with van der Waals surface area (Å²) in [5.41, 5.74) is 2.19. The highest BCUT2D eigenvalue weighted by molar-refractivity contribution is 6.03. The molecule has 0 aliphatic rings. The standard InChI is InChI=1S/C11H15NO3/c1-8-6-4-5-7-9(8)10(12-15-3)11(13)14-2/h4-7,11,13H,1-3H3/b12-10+. The summed E-state index contributed by atoms with van der Waals surface area (Å²) in [5, 5.41) is 13.4. The predicted octanol–water partition coefficient (Wildman–Crippen LogP) is 1.31. The first-order chi connectivity index (χ1) is 7.20. The van der Waals surface area contributed by atoms with E-state index < -0.39 is 6.29 Å². The van der Waals surface area contributed by atoms with Crippen LogP contribution in [0.5, 0.6) is 0 Å². The Bertz CT molecular complexity index is 349. The molecule has 0 fully saturated rings. The smallest absolute Gasteiger partial charge is 0.202 e. The van der Waals surface area contributed by atoms with Crippen molar-refractivity contribution >= 4 is 5.71 Å². The summed E-state index contributed by atoms with van der Waals surface area (Å²) in [4.78, 5) is 4.68. The number of aryl methyl sites for hydroxylation is 1. The van der Waals surface area contributed by atoms with E-state index in [2.05, 4.69) is 9.99 Å². The van der Waals surface area contributed by atoms with E-state index in [-0.39, 0.29) is 0 Å². The number of oxime groups is 1. The van der Waals surface area contributed by atoms with Crippen LogP contribution in [0, 0.1) is 6.92 Å². The molecular weight excluding hydrogens is 194 g/mol. The predicted molar refractivity (Wildman–Crippen MR) is 57.7 cm³/mol. The monoisotopic (exact) mass is 209 g/mol. The van der Waals surface area contributed by atoms with Gasteiger partial charge in [0.05, 0.1) is 0 Å². The van der Waals surface area contributed by atoms with Gasteiger partial charge in [-0.05, 0) is 12.5 Å². The van der Waals surface area contributed by atoms with Gasteiger partial charge in [-0.1, -0.05) is 29.4 Å². The molecule has 1 unspecified atom stereocenters.